The third kappa shape index (κ3) is 4.39. The van der Waals surface area contributed by atoms with E-state index in [1.54, 1.807) is 19.1 Å². The van der Waals surface area contributed by atoms with Gasteiger partial charge < -0.3 is 5.32 Å². The number of nitrogens with one attached hydrogen (secondary N) is 2. The monoisotopic (exact) mass is 286 g/mol. The topological polar surface area (TPSA) is 41.1 Å². The van der Waals surface area contributed by atoms with Crippen molar-refractivity contribution in [3.8, 4) is 0 Å². The third-order valence-electron chi connectivity index (χ3n) is 3.30. The molecule has 21 heavy (non-hydrogen) atoms. The molecule has 0 radical (unpaired) electrons. The summed E-state index contributed by atoms with van der Waals surface area (Å²) in [5, 5.41) is 6.00. The van der Waals surface area contributed by atoms with Crippen molar-refractivity contribution in [2.45, 2.75) is 25.9 Å². The van der Waals surface area contributed by atoms with Gasteiger partial charge in [0.1, 0.15) is 5.82 Å². The predicted octanol–water partition coefficient (Wildman–Crippen LogP) is 3.50. The first-order valence-electron chi connectivity index (χ1n) is 6.93. The van der Waals surface area contributed by atoms with Crippen LogP contribution in [0.1, 0.15) is 25.5 Å². The molecule has 0 saturated carbocycles. The zero-order valence-corrected chi connectivity index (χ0v) is 12.1. The zero-order chi connectivity index (χ0) is 15.2. The van der Waals surface area contributed by atoms with Gasteiger partial charge in [-0.1, -0.05) is 30.3 Å². The molecule has 0 aliphatic heterocycles. The second-order valence-corrected chi connectivity index (χ2v) is 5.02. The van der Waals surface area contributed by atoms with Gasteiger partial charge in [0, 0.05) is 11.7 Å². The standard InChI is InChI=1S/C17H19FN2O/c1-12(14-6-4-3-5-7-14)19-13(2)17(21)20-16-10-8-15(18)9-11-16/h3-13,19H,1-2H3,(H,20,21)/t12-,13+/m1/s1. The van der Waals surface area contributed by atoms with E-state index in [4.69, 9.17) is 0 Å². The number of hydrogen-bond acceptors (Lipinski definition) is 2. The van der Waals surface area contributed by atoms with E-state index in [9.17, 15) is 9.18 Å². The Morgan fingerprint density at radius 3 is 2.24 bits per heavy atom. The fraction of sp³-hybridized carbons (Fsp3) is 0.235. The van der Waals surface area contributed by atoms with E-state index < -0.39 is 0 Å². The maximum atomic E-state index is 12.8. The van der Waals surface area contributed by atoms with Crippen molar-refractivity contribution < 1.29 is 9.18 Å². The molecule has 2 aromatic rings. The van der Waals surface area contributed by atoms with Crippen LogP contribution in [0.3, 0.4) is 0 Å². The van der Waals surface area contributed by atoms with Gasteiger partial charge in [-0.2, -0.15) is 0 Å². The van der Waals surface area contributed by atoms with Crippen LogP contribution in [0.5, 0.6) is 0 Å². The van der Waals surface area contributed by atoms with Gasteiger partial charge in [-0.05, 0) is 43.7 Å². The quantitative estimate of drug-likeness (QED) is 0.883. The van der Waals surface area contributed by atoms with Gasteiger partial charge in [0.05, 0.1) is 6.04 Å². The molecule has 0 heterocycles. The molecular formula is C17H19FN2O. The highest BCUT2D eigenvalue weighted by Crippen LogP contribution is 2.13. The maximum absolute atomic E-state index is 12.8. The molecule has 0 bridgehead atoms. The number of carbonyl (C=O) groups is 1. The van der Waals surface area contributed by atoms with E-state index in [-0.39, 0.29) is 23.8 Å². The maximum Gasteiger partial charge on any atom is 0.241 e. The summed E-state index contributed by atoms with van der Waals surface area (Å²) in [5.41, 5.74) is 1.71. The summed E-state index contributed by atoms with van der Waals surface area (Å²) in [5.74, 6) is -0.471. The van der Waals surface area contributed by atoms with E-state index >= 15 is 0 Å². The molecule has 4 heteroatoms. The summed E-state index contributed by atoms with van der Waals surface area (Å²) < 4.78 is 12.8. The number of halogens is 1. The fourth-order valence-corrected chi connectivity index (χ4v) is 2.07. The van der Waals surface area contributed by atoms with E-state index in [1.165, 1.54) is 12.1 Å². The van der Waals surface area contributed by atoms with Crippen molar-refractivity contribution in [3.05, 3.63) is 66.0 Å². The molecule has 2 N–H and O–H groups in total. The number of hydrogen-bond donors (Lipinski definition) is 2. The minimum absolute atomic E-state index is 0.0696. The molecule has 3 nitrogen and oxygen atoms in total. The highest BCUT2D eigenvalue weighted by Gasteiger charge is 2.16. The molecule has 2 aromatic carbocycles. The Labute approximate surface area is 124 Å². The Morgan fingerprint density at radius 1 is 1.00 bits per heavy atom. The molecule has 0 saturated heterocycles. The highest BCUT2D eigenvalue weighted by molar-refractivity contribution is 5.94. The Bertz CT molecular complexity index is 583. The highest BCUT2D eigenvalue weighted by atomic mass is 19.1. The van der Waals surface area contributed by atoms with Crippen LogP contribution in [0.4, 0.5) is 10.1 Å². The molecule has 0 spiro atoms. The lowest BCUT2D eigenvalue weighted by Gasteiger charge is -2.20. The average molecular weight is 286 g/mol. The third-order valence-corrected chi connectivity index (χ3v) is 3.30. The van der Waals surface area contributed by atoms with Crippen molar-refractivity contribution in [3.63, 3.8) is 0 Å². The number of rotatable bonds is 5. The summed E-state index contributed by atoms with van der Waals surface area (Å²) in [7, 11) is 0. The van der Waals surface area contributed by atoms with E-state index in [2.05, 4.69) is 10.6 Å². The van der Waals surface area contributed by atoms with Crippen LogP contribution in [0, 0.1) is 5.82 Å². The summed E-state index contributed by atoms with van der Waals surface area (Å²) in [6, 6.07) is 15.4. The lowest BCUT2D eigenvalue weighted by atomic mass is 10.1. The minimum Gasteiger partial charge on any atom is -0.325 e. The van der Waals surface area contributed by atoms with Crippen molar-refractivity contribution in [1.29, 1.82) is 0 Å². The smallest absolute Gasteiger partial charge is 0.241 e. The minimum atomic E-state index is -0.356. The second kappa shape index (κ2) is 6.99. The van der Waals surface area contributed by atoms with Crippen LogP contribution in [-0.2, 0) is 4.79 Å². The normalized spacial score (nSPS) is 13.5. The fourth-order valence-electron chi connectivity index (χ4n) is 2.07. The Hall–Kier alpha value is -2.20. The van der Waals surface area contributed by atoms with Crippen LogP contribution in [0.15, 0.2) is 54.6 Å². The van der Waals surface area contributed by atoms with Crippen LogP contribution < -0.4 is 10.6 Å². The van der Waals surface area contributed by atoms with E-state index in [0.717, 1.165) is 5.56 Å². The summed E-state index contributed by atoms with van der Waals surface area (Å²) in [6.07, 6.45) is 0. The van der Waals surface area contributed by atoms with Crippen molar-refractivity contribution in [2.75, 3.05) is 5.32 Å². The number of benzene rings is 2. The van der Waals surface area contributed by atoms with Crippen LogP contribution in [0.25, 0.3) is 0 Å². The summed E-state index contributed by atoms with van der Waals surface area (Å²) >= 11 is 0. The molecule has 0 aromatic heterocycles. The van der Waals surface area contributed by atoms with Gasteiger partial charge in [-0.3, -0.25) is 10.1 Å². The van der Waals surface area contributed by atoms with Crippen molar-refractivity contribution in [2.24, 2.45) is 0 Å². The first-order chi connectivity index (χ1) is 10.1. The van der Waals surface area contributed by atoms with Gasteiger partial charge in [0.2, 0.25) is 5.91 Å². The van der Waals surface area contributed by atoms with Crippen molar-refractivity contribution >= 4 is 11.6 Å². The summed E-state index contributed by atoms with van der Waals surface area (Å²) in [6.45, 7) is 3.81. The molecular weight excluding hydrogens is 267 g/mol. The Balaban J connectivity index is 1.92. The summed E-state index contributed by atoms with van der Waals surface area (Å²) in [4.78, 5) is 12.1. The van der Waals surface area contributed by atoms with Gasteiger partial charge in [0.25, 0.3) is 0 Å². The zero-order valence-electron chi connectivity index (χ0n) is 12.1. The Kier molecular flexibility index (Phi) is 5.06. The van der Waals surface area contributed by atoms with Crippen LogP contribution in [0.2, 0.25) is 0 Å². The lowest BCUT2D eigenvalue weighted by molar-refractivity contribution is -0.117. The number of anilines is 1. The molecule has 0 fully saturated rings. The molecule has 1 amide bonds. The molecule has 0 unspecified atom stereocenters. The largest absolute Gasteiger partial charge is 0.325 e. The van der Waals surface area contributed by atoms with Gasteiger partial charge in [-0.25, -0.2) is 4.39 Å². The molecule has 0 aliphatic carbocycles. The van der Waals surface area contributed by atoms with Crippen LogP contribution >= 0.6 is 0 Å². The first kappa shape index (κ1) is 15.2. The Morgan fingerprint density at radius 2 is 1.62 bits per heavy atom. The van der Waals surface area contributed by atoms with Gasteiger partial charge >= 0.3 is 0 Å². The molecule has 0 aliphatic rings. The molecule has 2 rings (SSSR count). The van der Waals surface area contributed by atoms with E-state index in [1.807, 2.05) is 37.3 Å². The second-order valence-electron chi connectivity index (χ2n) is 5.02. The number of carbonyl (C=O) groups excluding carboxylic acids is 1. The average Bonchev–Trinajstić information content (AvgIpc) is 2.50. The lowest BCUT2D eigenvalue weighted by Crippen LogP contribution is -2.39. The molecule has 110 valence electrons. The van der Waals surface area contributed by atoms with Crippen molar-refractivity contribution in [1.82, 2.24) is 5.32 Å². The van der Waals surface area contributed by atoms with Gasteiger partial charge in [-0.15, -0.1) is 0 Å². The van der Waals surface area contributed by atoms with Crippen LogP contribution in [-0.4, -0.2) is 11.9 Å². The first-order valence-corrected chi connectivity index (χ1v) is 6.93. The SMILES string of the molecule is C[C@H](N[C@H](C)c1ccccc1)C(=O)Nc1ccc(F)cc1. The molecule has 2 atom stereocenters. The number of amides is 1. The van der Waals surface area contributed by atoms with E-state index in [0.29, 0.717) is 5.69 Å². The van der Waals surface area contributed by atoms with Gasteiger partial charge in [0.15, 0.2) is 0 Å². The predicted molar refractivity (Wildman–Crippen MR) is 82.5 cm³/mol.